The van der Waals surface area contributed by atoms with Crippen molar-refractivity contribution in [2.45, 2.75) is 109 Å². The first-order valence-electron chi connectivity index (χ1n) is 14.8. The fraction of sp³-hybridized carbons (Fsp3) is 0.700. The molecule has 0 aliphatic carbocycles. The van der Waals surface area contributed by atoms with E-state index in [1.54, 1.807) is 30.6 Å². The van der Waals surface area contributed by atoms with Gasteiger partial charge in [0, 0.05) is 13.7 Å². The SMILES string of the molecule is CCCCCCCCCCCCCCCCOCC(COP(=O)(O)Oc1ccccc1C[n+]1ccsc1)OC. The quantitative estimate of drug-likeness (QED) is 0.0722. The minimum atomic E-state index is -4.32. The summed E-state index contributed by atoms with van der Waals surface area (Å²) in [5, 5.41) is 1.97. The van der Waals surface area contributed by atoms with Gasteiger partial charge in [0.2, 0.25) is 5.51 Å². The van der Waals surface area contributed by atoms with E-state index in [4.69, 9.17) is 18.5 Å². The van der Waals surface area contributed by atoms with Crippen LogP contribution in [-0.2, 0) is 25.1 Å². The van der Waals surface area contributed by atoms with Gasteiger partial charge in [0.1, 0.15) is 11.9 Å². The molecule has 0 aliphatic rings. The molecule has 0 spiro atoms. The van der Waals surface area contributed by atoms with E-state index in [1.807, 2.05) is 33.8 Å². The van der Waals surface area contributed by atoms with Crippen molar-refractivity contribution in [1.82, 2.24) is 0 Å². The Balaban J connectivity index is 1.50. The standard InChI is InChI=1S/C30H50NO6PS/c1-3-4-5-6-7-8-9-10-11-12-13-14-15-18-22-35-25-29(34-2)26-36-38(32,33)37-30-20-17-16-19-28(30)24-31-21-23-39-27-31/h16-17,19-21,23,27,29H,3-15,18,22,24-26H2,1-2H3/p+1. The second-order valence-corrected chi connectivity index (χ2v) is 12.3. The zero-order valence-electron chi connectivity index (χ0n) is 24.1. The summed E-state index contributed by atoms with van der Waals surface area (Å²) < 4.78 is 36.3. The van der Waals surface area contributed by atoms with Gasteiger partial charge in [0.05, 0.1) is 24.2 Å². The van der Waals surface area contributed by atoms with E-state index in [0.717, 1.165) is 18.4 Å². The normalized spacial score (nSPS) is 13.8. The summed E-state index contributed by atoms with van der Waals surface area (Å²) in [7, 11) is -2.77. The largest absolute Gasteiger partial charge is 0.527 e. The van der Waals surface area contributed by atoms with E-state index in [9.17, 15) is 9.46 Å². The molecule has 2 rings (SSSR count). The van der Waals surface area contributed by atoms with Crippen LogP contribution in [0, 0.1) is 0 Å². The molecule has 222 valence electrons. The number of hydrogen-bond acceptors (Lipinski definition) is 6. The predicted molar refractivity (Wildman–Crippen MR) is 158 cm³/mol. The first-order valence-corrected chi connectivity index (χ1v) is 17.2. The number of hydrogen-bond donors (Lipinski definition) is 1. The Morgan fingerprint density at radius 3 is 2.10 bits per heavy atom. The highest BCUT2D eigenvalue weighted by molar-refractivity contribution is 7.47. The van der Waals surface area contributed by atoms with Crippen LogP contribution in [0.1, 0.15) is 102 Å². The number of phosphoric acid groups is 1. The summed E-state index contributed by atoms with van der Waals surface area (Å²) >= 11 is 1.58. The molecule has 0 saturated carbocycles. The lowest BCUT2D eigenvalue weighted by molar-refractivity contribution is -0.683. The number of benzene rings is 1. The van der Waals surface area contributed by atoms with Crippen molar-refractivity contribution in [3.05, 3.63) is 46.9 Å². The molecule has 2 atom stereocenters. The topological polar surface area (TPSA) is 78.1 Å². The van der Waals surface area contributed by atoms with Crippen LogP contribution in [0.25, 0.3) is 0 Å². The average Bonchev–Trinajstić information content (AvgIpc) is 3.44. The molecule has 1 aromatic heterocycles. The highest BCUT2D eigenvalue weighted by atomic mass is 32.1. The zero-order valence-corrected chi connectivity index (χ0v) is 25.8. The van der Waals surface area contributed by atoms with Gasteiger partial charge >= 0.3 is 7.82 Å². The van der Waals surface area contributed by atoms with Crippen LogP contribution < -0.4 is 9.09 Å². The highest BCUT2D eigenvalue weighted by Gasteiger charge is 2.27. The maximum absolute atomic E-state index is 12.6. The molecule has 0 saturated heterocycles. The first-order chi connectivity index (χ1) is 19.0. The summed E-state index contributed by atoms with van der Waals surface area (Å²) in [4.78, 5) is 10.3. The molecule has 39 heavy (non-hydrogen) atoms. The van der Waals surface area contributed by atoms with E-state index < -0.39 is 13.9 Å². The molecule has 1 aromatic carbocycles. The van der Waals surface area contributed by atoms with Crippen molar-refractivity contribution in [3.63, 3.8) is 0 Å². The van der Waals surface area contributed by atoms with Crippen LogP contribution in [0.4, 0.5) is 0 Å². The van der Waals surface area contributed by atoms with Crippen LogP contribution in [-0.4, -0.2) is 37.9 Å². The van der Waals surface area contributed by atoms with Crippen LogP contribution in [0.3, 0.4) is 0 Å². The molecular weight excluding hydrogens is 533 g/mol. The summed E-state index contributed by atoms with van der Waals surface area (Å²) in [6.07, 6.45) is 20.0. The van der Waals surface area contributed by atoms with Crippen LogP contribution >= 0.6 is 19.2 Å². The molecule has 0 bridgehead atoms. The summed E-state index contributed by atoms with van der Waals surface area (Å²) in [6.45, 7) is 3.67. The Kier molecular flexibility index (Phi) is 18.7. The van der Waals surface area contributed by atoms with Gasteiger partial charge in [-0.1, -0.05) is 114 Å². The van der Waals surface area contributed by atoms with Gasteiger partial charge in [0.15, 0.2) is 12.7 Å². The predicted octanol–water partition coefficient (Wildman–Crippen LogP) is 8.09. The Morgan fingerprint density at radius 1 is 0.897 bits per heavy atom. The van der Waals surface area contributed by atoms with E-state index in [-0.39, 0.29) is 6.61 Å². The molecule has 9 heteroatoms. The van der Waals surface area contributed by atoms with E-state index in [2.05, 4.69) is 6.92 Å². The molecule has 2 unspecified atom stereocenters. The van der Waals surface area contributed by atoms with E-state index in [0.29, 0.717) is 25.5 Å². The van der Waals surface area contributed by atoms with Gasteiger partial charge in [-0.25, -0.2) is 4.57 Å². The van der Waals surface area contributed by atoms with Crippen LogP contribution in [0.2, 0.25) is 0 Å². The van der Waals surface area contributed by atoms with Crippen molar-refractivity contribution in [3.8, 4) is 5.75 Å². The fourth-order valence-corrected chi connectivity index (χ4v) is 5.83. The molecule has 7 nitrogen and oxygen atoms in total. The smallest absolute Gasteiger partial charge is 0.404 e. The Labute approximate surface area is 240 Å². The average molecular weight is 585 g/mol. The third-order valence-electron chi connectivity index (χ3n) is 6.77. The van der Waals surface area contributed by atoms with Crippen LogP contribution in [0.15, 0.2) is 41.4 Å². The third kappa shape index (κ3) is 16.5. The number of para-hydroxylation sites is 1. The number of methoxy groups -OCH3 is 1. The summed E-state index contributed by atoms with van der Waals surface area (Å²) in [5.41, 5.74) is 2.76. The molecular formula is C30H51NO6PS+. The minimum absolute atomic E-state index is 0.0928. The molecule has 0 amide bonds. The number of nitrogens with zero attached hydrogens (tertiary/aromatic N) is 1. The molecule has 2 aromatic rings. The number of rotatable bonds is 25. The number of aromatic nitrogens is 1. The Morgan fingerprint density at radius 2 is 1.51 bits per heavy atom. The molecule has 1 N–H and O–H groups in total. The fourth-order valence-electron chi connectivity index (χ4n) is 4.40. The monoisotopic (exact) mass is 584 g/mol. The Bertz CT molecular complexity index is 897. The minimum Gasteiger partial charge on any atom is -0.404 e. The molecule has 0 radical (unpaired) electrons. The number of phosphoric ester groups is 1. The molecule has 0 fully saturated rings. The van der Waals surface area contributed by atoms with E-state index >= 15 is 0 Å². The number of unbranched alkanes of at least 4 members (excludes halogenated alkanes) is 13. The number of ether oxygens (including phenoxy) is 2. The van der Waals surface area contributed by atoms with Crippen molar-refractivity contribution < 1.29 is 32.5 Å². The summed E-state index contributed by atoms with van der Waals surface area (Å²) in [5.74, 6) is 0.324. The maximum atomic E-state index is 12.6. The van der Waals surface area contributed by atoms with Gasteiger partial charge in [-0.3, -0.25) is 9.42 Å². The van der Waals surface area contributed by atoms with Gasteiger partial charge in [-0.15, -0.1) is 0 Å². The zero-order chi connectivity index (χ0) is 28.0. The lowest BCUT2D eigenvalue weighted by Crippen LogP contribution is -2.30. The second kappa shape index (κ2) is 21.5. The van der Waals surface area contributed by atoms with Gasteiger partial charge in [0.25, 0.3) is 0 Å². The van der Waals surface area contributed by atoms with Crippen molar-refractivity contribution in [1.29, 1.82) is 0 Å². The molecule has 1 heterocycles. The van der Waals surface area contributed by atoms with Crippen LogP contribution in [0.5, 0.6) is 5.75 Å². The lowest BCUT2D eigenvalue weighted by Gasteiger charge is -2.19. The van der Waals surface area contributed by atoms with Crippen molar-refractivity contribution in [2.24, 2.45) is 0 Å². The van der Waals surface area contributed by atoms with Gasteiger partial charge < -0.3 is 14.0 Å². The maximum Gasteiger partial charge on any atom is 0.527 e. The third-order valence-corrected chi connectivity index (χ3v) is 8.34. The van der Waals surface area contributed by atoms with E-state index in [1.165, 1.54) is 77.0 Å². The second-order valence-electron chi connectivity index (χ2n) is 10.2. The number of thiazole rings is 1. The first kappa shape index (κ1) is 33.9. The van der Waals surface area contributed by atoms with Crippen molar-refractivity contribution >= 4 is 19.2 Å². The lowest BCUT2D eigenvalue weighted by atomic mass is 10.0. The summed E-state index contributed by atoms with van der Waals surface area (Å²) in [6, 6.07) is 7.17. The van der Waals surface area contributed by atoms with Gasteiger partial charge in [-0.2, -0.15) is 4.57 Å². The van der Waals surface area contributed by atoms with Gasteiger partial charge in [-0.05, 0) is 18.6 Å². The van der Waals surface area contributed by atoms with Crippen molar-refractivity contribution in [2.75, 3.05) is 26.9 Å². The molecule has 0 aliphatic heterocycles. The Hall–Kier alpha value is -1.28. The highest BCUT2D eigenvalue weighted by Crippen LogP contribution is 2.45.